The Kier molecular flexibility index (Phi) is 7.51. The molecule has 5 rings (SSSR count). The molecule has 3 saturated carbocycles. The van der Waals surface area contributed by atoms with Gasteiger partial charge in [-0.25, -0.2) is 0 Å². The summed E-state index contributed by atoms with van der Waals surface area (Å²) in [6, 6.07) is 11.2. The van der Waals surface area contributed by atoms with E-state index >= 15 is 0 Å². The van der Waals surface area contributed by atoms with Crippen LogP contribution < -0.4 is 0 Å². The third-order valence-corrected chi connectivity index (χ3v) is 12.0. The Morgan fingerprint density at radius 3 is 2.49 bits per heavy atom. The van der Waals surface area contributed by atoms with Crippen LogP contribution >= 0.6 is 0 Å². The first-order chi connectivity index (χ1) is 18.5. The summed E-state index contributed by atoms with van der Waals surface area (Å²) in [7, 11) is 0. The molecule has 0 N–H and O–H groups in total. The van der Waals surface area contributed by atoms with Crippen LogP contribution in [0.25, 0.3) is 0 Å². The van der Waals surface area contributed by atoms with Gasteiger partial charge in [0.1, 0.15) is 0 Å². The van der Waals surface area contributed by atoms with E-state index < -0.39 is 0 Å². The van der Waals surface area contributed by atoms with Gasteiger partial charge in [0.25, 0.3) is 0 Å². The number of rotatable bonds is 10. The van der Waals surface area contributed by atoms with E-state index in [9.17, 15) is 0 Å². The number of fused-ring (bicyclic) bond motifs is 1. The minimum atomic E-state index is -0.101. The number of benzene rings is 1. The summed E-state index contributed by atoms with van der Waals surface area (Å²) in [6.45, 7) is 29.1. The molecule has 1 aromatic carbocycles. The van der Waals surface area contributed by atoms with Crippen LogP contribution in [0.2, 0.25) is 0 Å². The molecule has 4 aliphatic rings. The minimum absolute atomic E-state index is 0.101. The van der Waals surface area contributed by atoms with Gasteiger partial charge in [0.2, 0.25) is 0 Å². The maximum atomic E-state index is 4.94. The highest BCUT2D eigenvalue weighted by molar-refractivity contribution is 5.98. The van der Waals surface area contributed by atoms with Crippen molar-refractivity contribution in [2.75, 3.05) is 19.6 Å². The zero-order valence-electron chi connectivity index (χ0n) is 25.8. The molecule has 2 heteroatoms. The summed E-state index contributed by atoms with van der Waals surface area (Å²) in [5.41, 5.74) is 8.36. The molecule has 210 valence electrons. The van der Waals surface area contributed by atoms with Gasteiger partial charge in [-0.3, -0.25) is 9.89 Å². The van der Waals surface area contributed by atoms with Crippen LogP contribution in [0.3, 0.4) is 0 Å². The van der Waals surface area contributed by atoms with Gasteiger partial charge in [0.05, 0.1) is 6.54 Å². The zero-order chi connectivity index (χ0) is 28.2. The van der Waals surface area contributed by atoms with Crippen LogP contribution in [0.1, 0.15) is 86.1 Å². The van der Waals surface area contributed by atoms with Crippen LogP contribution in [-0.2, 0) is 0 Å². The third kappa shape index (κ3) is 4.55. The van der Waals surface area contributed by atoms with Crippen LogP contribution in [0.4, 0.5) is 0 Å². The summed E-state index contributed by atoms with van der Waals surface area (Å²) in [4.78, 5) is 7.85. The molecule has 0 radical (unpaired) electrons. The second-order valence-corrected chi connectivity index (χ2v) is 14.1. The number of hydrogen-bond donors (Lipinski definition) is 0. The lowest BCUT2D eigenvalue weighted by atomic mass is 9.52. The van der Waals surface area contributed by atoms with E-state index in [1.807, 2.05) is 0 Å². The molecule has 0 amide bonds. The molecule has 5 atom stereocenters. The van der Waals surface area contributed by atoms with Gasteiger partial charge in [-0.15, -0.1) is 0 Å². The topological polar surface area (TPSA) is 15.6 Å². The predicted molar refractivity (Wildman–Crippen MR) is 168 cm³/mol. The SMILES string of the molecule is C=C(CN=C(C)c1ccccc1)C(C)(C)/C(C)=C(\C)CC12CCN(CC3CC3)C3CC(C1=C)C(/C=C\C)C32C. The van der Waals surface area contributed by atoms with E-state index in [2.05, 4.69) is 102 Å². The van der Waals surface area contributed by atoms with E-state index in [0.29, 0.717) is 24.4 Å². The Morgan fingerprint density at radius 1 is 1.15 bits per heavy atom. The monoisotopic (exact) mass is 524 g/mol. The summed E-state index contributed by atoms with van der Waals surface area (Å²) in [5, 5.41) is 0. The Morgan fingerprint density at radius 2 is 1.85 bits per heavy atom. The molecule has 1 aromatic rings. The van der Waals surface area contributed by atoms with Crippen molar-refractivity contribution in [3.63, 3.8) is 0 Å². The zero-order valence-corrected chi connectivity index (χ0v) is 25.8. The highest BCUT2D eigenvalue weighted by Gasteiger charge is 2.72. The Labute approximate surface area is 239 Å². The molecule has 2 nitrogen and oxygen atoms in total. The first-order valence-electron chi connectivity index (χ1n) is 15.4. The molecule has 1 aliphatic heterocycles. The van der Waals surface area contributed by atoms with Crippen molar-refractivity contribution >= 4 is 5.71 Å². The van der Waals surface area contributed by atoms with Gasteiger partial charge >= 0.3 is 0 Å². The molecule has 0 spiro atoms. The standard InChI is InChI=1S/C37H52N2/c1-10-14-33-32-21-34-36(33,9)37(28(32)5,19-20-39(34)24-30-17-18-30)22-25(2)27(4)35(7,8)26(3)23-38-29(6)31-15-12-11-13-16-31/h10-16,30,32-34H,3,5,17-24H2,1-2,4,6-9H3/b14-10-,27-25+,38-29?. The van der Waals surface area contributed by atoms with Crippen LogP contribution in [0.15, 0.2) is 82.9 Å². The summed E-state index contributed by atoms with van der Waals surface area (Å²) < 4.78 is 0. The highest BCUT2D eigenvalue weighted by Crippen LogP contribution is 2.75. The quantitative estimate of drug-likeness (QED) is 0.220. The molecule has 1 saturated heterocycles. The maximum Gasteiger partial charge on any atom is 0.0608 e. The number of nitrogens with zero attached hydrogens (tertiary/aromatic N) is 2. The highest BCUT2D eigenvalue weighted by atomic mass is 15.2. The molecule has 2 bridgehead atoms. The van der Waals surface area contributed by atoms with E-state index in [-0.39, 0.29) is 16.2 Å². The third-order valence-electron chi connectivity index (χ3n) is 12.0. The smallest absolute Gasteiger partial charge is 0.0608 e. The summed E-state index contributed by atoms with van der Waals surface area (Å²) in [6.07, 6.45) is 11.4. The molecule has 1 heterocycles. The molecular formula is C37H52N2. The van der Waals surface area contributed by atoms with Crippen molar-refractivity contribution in [1.29, 1.82) is 0 Å². The van der Waals surface area contributed by atoms with Crippen molar-refractivity contribution in [2.24, 2.45) is 39.0 Å². The Hall–Kier alpha value is -2.19. The van der Waals surface area contributed by atoms with Crippen molar-refractivity contribution in [2.45, 2.75) is 86.6 Å². The first-order valence-corrected chi connectivity index (χ1v) is 15.4. The van der Waals surface area contributed by atoms with E-state index in [1.165, 1.54) is 61.1 Å². The molecule has 0 aromatic heterocycles. The number of aliphatic imine (C=N–C) groups is 1. The lowest BCUT2D eigenvalue weighted by molar-refractivity contribution is -0.0633. The van der Waals surface area contributed by atoms with Gasteiger partial charge in [-0.05, 0) is 101 Å². The normalized spacial score (nSPS) is 33.7. The number of piperidine rings is 1. The van der Waals surface area contributed by atoms with Crippen LogP contribution in [0.5, 0.6) is 0 Å². The fraction of sp³-hybridized carbons (Fsp3) is 0.595. The van der Waals surface area contributed by atoms with Gasteiger partial charge in [-0.1, -0.05) is 93.1 Å². The number of allylic oxidation sites excluding steroid dienone is 5. The predicted octanol–water partition coefficient (Wildman–Crippen LogP) is 9.06. The van der Waals surface area contributed by atoms with Gasteiger partial charge in [0.15, 0.2) is 0 Å². The molecule has 39 heavy (non-hydrogen) atoms. The fourth-order valence-electron chi connectivity index (χ4n) is 8.77. The minimum Gasteiger partial charge on any atom is -0.299 e. The fourth-order valence-corrected chi connectivity index (χ4v) is 8.77. The average Bonchev–Trinajstić information content (AvgIpc) is 3.66. The van der Waals surface area contributed by atoms with Crippen LogP contribution in [-0.4, -0.2) is 36.3 Å². The van der Waals surface area contributed by atoms with Crippen LogP contribution in [0, 0.1) is 34.0 Å². The van der Waals surface area contributed by atoms with E-state index in [1.54, 1.807) is 5.57 Å². The molecule has 3 aliphatic carbocycles. The van der Waals surface area contributed by atoms with Gasteiger partial charge in [-0.2, -0.15) is 0 Å². The summed E-state index contributed by atoms with van der Waals surface area (Å²) >= 11 is 0. The number of hydrogen-bond acceptors (Lipinski definition) is 2. The van der Waals surface area contributed by atoms with Crippen molar-refractivity contribution in [3.8, 4) is 0 Å². The molecular weight excluding hydrogens is 472 g/mol. The second-order valence-electron chi connectivity index (χ2n) is 14.1. The van der Waals surface area contributed by atoms with Crippen molar-refractivity contribution < 1.29 is 0 Å². The second kappa shape index (κ2) is 10.3. The molecule has 5 unspecified atom stereocenters. The van der Waals surface area contributed by atoms with E-state index in [0.717, 1.165) is 18.1 Å². The number of likely N-dealkylation sites (tertiary alicyclic amines) is 1. The summed E-state index contributed by atoms with van der Waals surface area (Å²) in [5.74, 6) is 2.20. The van der Waals surface area contributed by atoms with E-state index in [4.69, 9.17) is 11.6 Å². The largest absolute Gasteiger partial charge is 0.299 e. The Bertz CT molecular complexity index is 1210. The van der Waals surface area contributed by atoms with Gasteiger partial charge < -0.3 is 0 Å². The maximum absolute atomic E-state index is 4.94. The lowest BCUT2D eigenvalue weighted by Gasteiger charge is -2.59. The van der Waals surface area contributed by atoms with Gasteiger partial charge in [0, 0.05) is 29.1 Å². The van der Waals surface area contributed by atoms with Crippen molar-refractivity contribution in [1.82, 2.24) is 4.90 Å². The first kappa shape index (κ1) is 28.3. The lowest BCUT2D eigenvalue weighted by Crippen LogP contribution is -2.60. The molecule has 4 fully saturated rings. The van der Waals surface area contributed by atoms with Crippen molar-refractivity contribution in [3.05, 3.63) is 83.5 Å². The average molecular weight is 525 g/mol. The Balaban J connectivity index is 1.40.